The van der Waals surface area contributed by atoms with Crippen LogP contribution in [0.3, 0.4) is 0 Å². The van der Waals surface area contributed by atoms with Crippen molar-refractivity contribution in [2.75, 3.05) is 13.2 Å². The summed E-state index contributed by atoms with van der Waals surface area (Å²) in [6.07, 6.45) is 4.64. The molecule has 0 unspecified atom stereocenters. The molecule has 0 aliphatic heterocycles. The van der Waals surface area contributed by atoms with Gasteiger partial charge in [-0.05, 0) is 43.4 Å². The predicted octanol–water partition coefficient (Wildman–Crippen LogP) is 3.00. The number of nitrogens with one attached hydrogen (secondary N) is 1. The average molecular weight is 333 g/mol. The number of benzene rings is 1. The highest BCUT2D eigenvalue weighted by Gasteiger charge is 2.23. The van der Waals surface area contributed by atoms with Crippen molar-refractivity contribution in [2.45, 2.75) is 52.0 Å². The van der Waals surface area contributed by atoms with Crippen molar-refractivity contribution < 1.29 is 19.1 Å². The van der Waals surface area contributed by atoms with Gasteiger partial charge in [0.05, 0.1) is 13.0 Å². The first-order chi connectivity index (χ1) is 11.5. The Bertz CT molecular complexity index is 558. The second kappa shape index (κ2) is 9.30. The van der Waals surface area contributed by atoms with Crippen LogP contribution in [-0.2, 0) is 14.3 Å². The zero-order valence-electron chi connectivity index (χ0n) is 14.5. The van der Waals surface area contributed by atoms with Gasteiger partial charge in [0.2, 0.25) is 0 Å². The van der Waals surface area contributed by atoms with Gasteiger partial charge >= 0.3 is 5.97 Å². The summed E-state index contributed by atoms with van der Waals surface area (Å²) < 4.78 is 10.5. The maximum absolute atomic E-state index is 11.9. The van der Waals surface area contributed by atoms with E-state index < -0.39 is 5.97 Å². The molecule has 5 nitrogen and oxygen atoms in total. The molecule has 1 amide bonds. The smallest absolute Gasteiger partial charge is 0.309 e. The lowest BCUT2D eigenvalue weighted by molar-refractivity contribution is -0.149. The number of hydrogen-bond acceptors (Lipinski definition) is 4. The molecule has 1 aliphatic carbocycles. The zero-order chi connectivity index (χ0) is 17.4. The summed E-state index contributed by atoms with van der Waals surface area (Å²) in [5, 5.41) is 2.96. The Labute approximate surface area is 143 Å². The Morgan fingerprint density at radius 3 is 2.79 bits per heavy atom. The van der Waals surface area contributed by atoms with Crippen LogP contribution in [0.1, 0.15) is 44.6 Å². The first-order valence-electron chi connectivity index (χ1n) is 8.69. The van der Waals surface area contributed by atoms with Crippen LogP contribution in [0.5, 0.6) is 5.75 Å². The van der Waals surface area contributed by atoms with E-state index in [2.05, 4.69) is 12.2 Å². The molecule has 1 saturated carbocycles. The van der Waals surface area contributed by atoms with E-state index in [-0.39, 0.29) is 31.6 Å². The lowest BCUT2D eigenvalue weighted by Crippen LogP contribution is -2.42. The first kappa shape index (κ1) is 18.3. The van der Waals surface area contributed by atoms with Gasteiger partial charge in [0.15, 0.2) is 6.61 Å². The molecule has 1 aliphatic rings. The standard InChI is InChI=1S/C19H27NO4/c1-14-6-5-8-16(12-14)23-11-10-19(22)24-13-18(21)20-17-9-4-3-7-15(17)2/h5-6,8,12,15,17H,3-4,7,9-11,13H2,1-2H3,(H,20,21)/t15-,17-/m1/s1. The van der Waals surface area contributed by atoms with Gasteiger partial charge in [0.25, 0.3) is 5.91 Å². The molecule has 1 N–H and O–H groups in total. The van der Waals surface area contributed by atoms with Crippen molar-refractivity contribution in [3.8, 4) is 5.75 Å². The molecule has 0 spiro atoms. The van der Waals surface area contributed by atoms with E-state index in [1.807, 2.05) is 31.2 Å². The van der Waals surface area contributed by atoms with Crippen LogP contribution in [-0.4, -0.2) is 31.1 Å². The molecule has 1 aromatic rings. The third-order valence-electron chi connectivity index (χ3n) is 4.39. The lowest BCUT2D eigenvalue weighted by atomic mass is 9.86. The van der Waals surface area contributed by atoms with Crippen molar-refractivity contribution >= 4 is 11.9 Å². The molecule has 24 heavy (non-hydrogen) atoms. The number of hydrogen-bond donors (Lipinski definition) is 1. The number of carbonyl (C=O) groups excluding carboxylic acids is 2. The van der Waals surface area contributed by atoms with Gasteiger partial charge in [-0.2, -0.15) is 0 Å². The highest BCUT2D eigenvalue weighted by molar-refractivity contribution is 5.80. The first-order valence-corrected chi connectivity index (χ1v) is 8.69. The van der Waals surface area contributed by atoms with Gasteiger partial charge in [-0.15, -0.1) is 0 Å². The minimum Gasteiger partial charge on any atom is -0.493 e. The van der Waals surface area contributed by atoms with Crippen LogP contribution in [0, 0.1) is 12.8 Å². The van der Waals surface area contributed by atoms with Gasteiger partial charge in [0.1, 0.15) is 5.75 Å². The van der Waals surface area contributed by atoms with E-state index in [0.29, 0.717) is 5.92 Å². The third kappa shape index (κ3) is 6.22. The summed E-state index contributed by atoms with van der Waals surface area (Å²) in [5.41, 5.74) is 1.10. The van der Waals surface area contributed by atoms with Crippen molar-refractivity contribution in [2.24, 2.45) is 5.92 Å². The van der Waals surface area contributed by atoms with Crippen molar-refractivity contribution in [3.63, 3.8) is 0 Å². The van der Waals surface area contributed by atoms with Crippen molar-refractivity contribution in [1.82, 2.24) is 5.32 Å². The number of ether oxygens (including phenoxy) is 2. The lowest BCUT2D eigenvalue weighted by Gasteiger charge is -2.29. The average Bonchev–Trinajstić information content (AvgIpc) is 2.55. The Balaban J connectivity index is 1.61. The maximum atomic E-state index is 11.9. The fourth-order valence-corrected chi connectivity index (χ4v) is 2.95. The quantitative estimate of drug-likeness (QED) is 0.779. The van der Waals surface area contributed by atoms with Crippen LogP contribution < -0.4 is 10.1 Å². The Morgan fingerprint density at radius 2 is 2.04 bits per heavy atom. The molecule has 0 heterocycles. The summed E-state index contributed by atoms with van der Waals surface area (Å²) in [6, 6.07) is 7.84. The van der Waals surface area contributed by atoms with Crippen LogP contribution in [0.25, 0.3) is 0 Å². The molecule has 5 heteroatoms. The molecular formula is C19H27NO4. The normalized spacial score (nSPS) is 20.2. The molecule has 1 fully saturated rings. The Hall–Kier alpha value is -2.04. The Kier molecular flexibility index (Phi) is 7.09. The van der Waals surface area contributed by atoms with E-state index in [4.69, 9.17) is 9.47 Å². The van der Waals surface area contributed by atoms with E-state index in [0.717, 1.165) is 30.6 Å². The maximum Gasteiger partial charge on any atom is 0.309 e. The summed E-state index contributed by atoms with van der Waals surface area (Å²) in [7, 11) is 0. The summed E-state index contributed by atoms with van der Waals surface area (Å²) in [6.45, 7) is 4.15. The molecule has 0 aromatic heterocycles. The van der Waals surface area contributed by atoms with Crippen molar-refractivity contribution in [1.29, 1.82) is 0 Å². The summed E-state index contributed by atoms with van der Waals surface area (Å²) >= 11 is 0. The van der Waals surface area contributed by atoms with Crippen LogP contribution in [0.2, 0.25) is 0 Å². The molecule has 0 radical (unpaired) electrons. The SMILES string of the molecule is Cc1cccc(OCCC(=O)OCC(=O)N[C@@H]2CCCC[C@H]2C)c1. The minimum absolute atomic E-state index is 0.126. The fraction of sp³-hybridized carbons (Fsp3) is 0.579. The molecule has 1 aromatic carbocycles. The highest BCUT2D eigenvalue weighted by Crippen LogP contribution is 2.23. The monoisotopic (exact) mass is 333 g/mol. The second-order valence-corrected chi connectivity index (χ2v) is 6.51. The number of aryl methyl sites for hydroxylation is 1. The van der Waals surface area contributed by atoms with Crippen LogP contribution in [0.4, 0.5) is 0 Å². The molecule has 0 saturated heterocycles. The Morgan fingerprint density at radius 1 is 1.25 bits per heavy atom. The van der Waals surface area contributed by atoms with Crippen LogP contribution >= 0.6 is 0 Å². The summed E-state index contributed by atoms with van der Waals surface area (Å²) in [5.74, 6) is 0.573. The molecular weight excluding hydrogens is 306 g/mol. The van der Waals surface area contributed by atoms with Gasteiger partial charge in [-0.3, -0.25) is 9.59 Å². The topological polar surface area (TPSA) is 64.6 Å². The third-order valence-corrected chi connectivity index (χ3v) is 4.39. The summed E-state index contributed by atoms with van der Waals surface area (Å²) in [4.78, 5) is 23.6. The molecule has 2 atom stereocenters. The van der Waals surface area contributed by atoms with E-state index in [9.17, 15) is 9.59 Å². The van der Waals surface area contributed by atoms with Gasteiger partial charge < -0.3 is 14.8 Å². The van der Waals surface area contributed by atoms with E-state index in [1.54, 1.807) is 0 Å². The molecule has 0 bridgehead atoms. The highest BCUT2D eigenvalue weighted by atomic mass is 16.5. The largest absolute Gasteiger partial charge is 0.493 e. The number of rotatable bonds is 7. The molecule has 132 valence electrons. The van der Waals surface area contributed by atoms with Gasteiger partial charge in [0, 0.05) is 6.04 Å². The van der Waals surface area contributed by atoms with Gasteiger partial charge in [-0.25, -0.2) is 0 Å². The predicted molar refractivity (Wildman–Crippen MR) is 91.8 cm³/mol. The van der Waals surface area contributed by atoms with Crippen molar-refractivity contribution in [3.05, 3.63) is 29.8 Å². The zero-order valence-corrected chi connectivity index (χ0v) is 14.5. The minimum atomic E-state index is -0.422. The number of carbonyl (C=O) groups is 2. The second-order valence-electron chi connectivity index (χ2n) is 6.51. The number of esters is 1. The number of amides is 1. The molecule has 2 rings (SSSR count). The van der Waals surface area contributed by atoms with Crippen LogP contribution in [0.15, 0.2) is 24.3 Å². The van der Waals surface area contributed by atoms with E-state index >= 15 is 0 Å². The van der Waals surface area contributed by atoms with E-state index in [1.165, 1.54) is 6.42 Å². The fourth-order valence-electron chi connectivity index (χ4n) is 2.95. The van der Waals surface area contributed by atoms with Gasteiger partial charge in [-0.1, -0.05) is 31.9 Å².